The van der Waals surface area contributed by atoms with Crippen LogP contribution in [0.4, 0.5) is 0 Å². The first-order chi connectivity index (χ1) is 15.7. The van der Waals surface area contributed by atoms with Gasteiger partial charge in [0.05, 0.1) is 12.7 Å². The number of aromatic amines is 1. The topological polar surface area (TPSA) is 82.0 Å². The Kier molecular flexibility index (Phi) is 5.22. The summed E-state index contributed by atoms with van der Waals surface area (Å²) in [5.74, 6) is 0.173. The maximum atomic E-state index is 13.6. The van der Waals surface area contributed by atoms with E-state index >= 15 is 0 Å². The molecule has 5 rings (SSSR count). The Labute approximate surface area is 194 Å². The average molecular weight is 447 g/mol. The van der Waals surface area contributed by atoms with Gasteiger partial charge in [-0.15, -0.1) is 0 Å². The smallest absolute Gasteiger partial charge is 0.306 e. The fraction of sp³-hybridized carbons (Fsp3) is 0.462. The second-order valence-corrected chi connectivity index (χ2v) is 10.5. The molecule has 1 fully saturated rings. The molecule has 0 saturated heterocycles. The molecule has 0 radical (unpaired) electrons. The lowest BCUT2D eigenvalue weighted by Crippen LogP contribution is -2.55. The molecule has 0 bridgehead atoms. The van der Waals surface area contributed by atoms with Crippen LogP contribution in [-0.4, -0.2) is 39.3 Å². The molecular weight excluding hydrogens is 414 g/mol. The second kappa shape index (κ2) is 7.97. The molecule has 0 spiro atoms. The number of amides is 2. The zero-order valence-electron chi connectivity index (χ0n) is 19.8. The minimum absolute atomic E-state index is 0.0395. The molecule has 2 aromatic heterocycles. The molecule has 1 aliphatic heterocycles. The number of nitrogens with one attached hydrogen (secondary N) is 2. The van der Waals surface area contributed by atoms with Crippen molar-refractivity contribution in [3.63, 3.8) is 0 Å². The Bertz CT molecular complexity index is 1240. The first-order valence-electron chi connectivity index (χ1n) is 11.8. The van der Waals surface area contributed by atoms with E-state index in [1.807, 2.05) is 55.6 Å². The Morgan fingerprint density at radius 2 is 1.94 bits per heavy atom. The lowest BCUT2D eigenvalue weighted by atomic mass is 9.85. The summed E-state index contributed by atoms with van der Waals surface area (Å²) in [6.45, 7) is 7.21. The van der Waals surface area contributed by atoms with Crippen LogP contribution in [-0.2, 0) is 24.8 Å². The fourth-order valence-electron chi connectivity index (χ4n) is 4.68. The van der Waals surface area contributed by atoms with Crippen LogP contribution in [0.15, 0.2) is 36.7 Å². The van der Waals surface area contributed by atoms with Gasteiger partial charge in [0.1, 0.15) is 24.0 Å². The summed E-state index contributed by atoms with van der Waals surface area (Å²) in [7, 11) is 1.96. The highest BCUT2D eigenvalue weighted by molar-refractivity contribution is 6.05. The number of hydrogen-bond acceptors (Lipinski definition) is 3. The van der Waals surface area contributed by atoms with Crippen molar-refractivity contribution in [1.82, 2.24) is 20.2 Å². The lowest BCUT2D eigenvalue weighted by molar-refractivity contribution is -0.647. The van der Waals surface area contributed by atoms with Crippen molar-refractivity contribution in [1.29, 1.82) is 0 Å². The van der Waals surface area contributed by atoms with E-state index in [1.165, 1.54) is 11.1 Å². The lowest BCUT2D eigenvalue weighted by Gasteiger charge is -2.37. The molecule has 2 aliphatic rings. The number of carbonyl (C=O) groups is 2. The summed E-state index contributed by atoms with van der Waals surface area (Å²) in [4.78, 5) is 36.9. The van der Waals surface area contributed by atoms with Gasteiger partial charge in [0.2, 0.25) is 5.91 Å². The van der Waals surface area contributed by atoms with Crippen LogP contribution in [0.1, 0.15) is 66.7 Å². The van der Waals surface area contributed by atoms with Crippen molar-refractivity contribution in [2.24, 2.45) is 12.5 Å². The van der Waals surface area contributed by atoms with Crippen LogP contribution >= 0.6 is 0 Å². The molecule has 2 N–H and O–H groups in total. The van der Waals surface area contributed by atoms with Crippen LogP contribution in [0, 0.1) is 5.41 Å². The number of rotatable bonds is 4. The first kappa shape index (κ1) is 21.6. The number of fused-ring (bicyclic) bond motifs is 2. The first-order valence-corrected chi connectivity index (χ1v) is 11.8. The quantitative estimate of drug-likeness (QED) is 0.605. The predicted octanol–water partition coefficient (Wildman–Crippen LogP) is 2.99. The summed E-state index contributed by atoms with van der Waals surface area (Å²) in [5.41, 5.74) is 5.00. The number of benzene rings is 1. The maximum Gasteiger partial charge on any atom is 0.306 e. The van der Waals surface area contributed by atoms with E-state index < -0.39 is 11.5 Å². The third-order valence-corrected chi connectivity index (χ3v) is 6.82. The van der Waals surface area contributed by atoms with Gasteiger partial charge in [-0.2, -0.15) is 0 Å². The summed E-state index contributed by atoms with van der Waals surface area (Å²) >= 11 is 0. The van der Waals surface area contributed by atoms with Gasteiger partial charge in [0.25, 0.3) is 5.91 Å². The van der Waals surface area contributed by atoms with Crippen molar-refractivity contribution in [2.45, 2.75) is 58.5 Å². The summed E-state index contributed by atoms with van der Waals surface area (Å²) in [6.07, 6.45) is 6.85. The molecule has 1 atom stereocenters. The largest absolute Gasteiger partial charge is 0.340 e. The van der Waals surface area contributed by atoms with E-state index in [0.717, 1.165) is 30.6 Å². The van der Waals surface area contributed by atoms with Crippen LogP contribution in [0.2, 0.25) is 0 Å². The molecule has 1 saturated carbocycles. The Balaban J connectivity index is 1.41. The highest BCUT2D eigenvalue weighted by Crippen LogP contribution is 2.39. The summed E-state index contributed by atoms with van der Waals surface area (Å²) in [5, 5.41) is 3.06. The standard InChI is InChI=1S/C26H31N5O2/c1-26(2,3)22(25(33)31-12-11-16-7-5-6-8-18(16)14-31)29-24(32)19-13-27-23-21(19)28-20(15-30(23)4)17-9-10-17/h5-8,13,15,17,22H,9-12,14H2,1-4H3,(H,29,32)/p+1. The molecule has 3 heterocycles. The summed E-state index contributed by atoms with van der Waals surface area (Å²) in [6, 6.07) is 7.61. The number of H-pyrrole nitrogens is 1. The molecule has 33 heavy (non-hydrogen) atoms. The van der Waals surface area contributed by atoms with Crippen molar-refractivity contribution in [3.8, 4) is 0 Å². The number of carbonyl (C=O) groups excluding carboxylic acids is 2. The van der Waals surface area contributed by atoms with Gasteiger partial charge < -0.3 is 10.2 Å². The van der Waals surface area contributed by atoms with Gasteiger partial charge in [-0.25, -0.2) is 14.5 Å². The van der Waals surface area contributed by atoms with E-state index in [0.29, 0.717) is 30.1 Å². The van der Waals surface area contributed by atoms with E-state index in [9.17, 15) is 9.59 Å². The van der Waals surface area contributed by atoms with Gasteiger partial charge in [0.15, 0.2) is 5.52 Å². The van der Waals surface area contributed by atoms with Crippen molar-refractivity contribution in [3.05, 3.63) is 59.0 Å². The van der Waals surface area contributed by atoms with Crippen LogP contribution in [0.25, 0.3) is 11.2 Å². The number of nitrogens with zero attached hydrogens (tertiary/aromatic N) is 3. The summed E-state index contributed by atoms with van der Waals surface area (Å²) < 4.78 is 1.99. The van der Waals surface area contributed by atoms with Gasteiger partial charge >= 0.3 is 5.65 Å². The number of aryl methyl sites for hydroxylation is 1. The van der Waals surface area contributed by atoms with Gasteiger partial charge in [0, 0.05) is 19.0 Å². The minimum atomic E-state index is -0.638. The van der Waals surface area contributed by atoms with E-state index in [1.54, 1.807) is 6.20 Å². The minimum Gasteiger partial charge on any atom is -0.340 e. The fourth-order valence-corrected chi connectivity index (χ4v) is 4.68. The van der Waals surface area contributed by atoms with Crippen molar-refractivity contribution in [2.75, 3.05) is 6.54 Å². The zero-order valence-corrected chi connectivity index (χ0v) is 19.8. The van der Waals surface area contributed by atoms with E-state index in [2.05, 4.69) is 22.4 Å². The normalized spacial score (nSPS) is 17.0. The molecule has 3 aromatic rings. The molecule has 1 aliphatic carbocycles. The average Bonchev–Trinajstić information content (AvgIpc) is 3.54. The van der Waals surface area contributed by atoms with Gasteiger partial charge in [-0.05, 0) is 35.8 Å². The third kappa shape index (κ3) is 4.12. The highest BCUT2D eigenvalue weighted by atomic mass is 16.2. The SMILES string of the molecule is C[n+]1cc(C2CC2)nc2c(C(=O)NC(C(=O)N3CCc4ccccc4C3)C(C)(C)C)c[nH]c21. The highest BCUT2D eigenvalue weighted by Gasteiger charge is 2.38. The van der Waals surface area contributed by atoms with Crippen LogP contribution in [0.5, 0.6) is 0 Å². The second-order valence-electron chi connectivity index (χ2n) is 10.5. The van der Waals surface area contributed by atoms with Gasteiger partial charge in [-0.1, -0.05) is 45.0 Å². The Morgan fingerprint density at radius 3 is 2.64 bits per heavy atom. The molecule has 2 amide bonds. The number of aromatic nitrogens is 3. The van der Waals surface area contributed by atoms with Crippen LogP contribution in [0.3, 0.4) is 0 Å². The monoisotopic (exact) mass is 446 g/mol. The van der Waals surface area contributed by atoms with Crippen LogP contribution < -0.4 is 9.88 Å². The predicted molar refractivity (Wildman–Crippen MR) is 126 cm³/mol. The van der Waals surface area contributed by atoms with Crippen molar-refractivity contribution >= 4 is 23.0 Å². The molecule has 7 nitrogen and oxygen atoms in total. The Hall–Kier alpha value is -3.22. The number of hydrogen-bond donors (Lipinski definition) is 2. The maximum absolute atomic E-state index is 13.6. The molecule has 7 heteroatoms. The third-order valence-electron chi connectivity index (χ3n) is 6.82. The van der Waals surface area contributed by atoms with Gasteiger partial charge in [-0.3, -0.25) is 9.59 Å². The Morgan fingerprint density at radius 1 is 1.21 bits per heavy atom. The van der Waals surface area contributed by atoms with E-state index in [4.69, 9.17) is 4.98 Å². The van der Waals surface area contributed by atoms with E-state index in [-0.39, 0.29) is 11.8 Å². The molecular formula is C26H32N5O2+. The molecule has 1 unspecified atom stereocenters. The zero-order chi connectivity index (χ0) is 23.3. The molecule has 1 aromatic carbocycles. The molecule has 172 valence electrons. The van der Waals surface area contributed by atoms with Crippen molar-refractivity contribution < 1.29 is 14.2 Å².